The summed E-state index contributed by atoms with van der Waals surface area (Å²) in [5.74, 6) is 0. The van der Waals surface area contributed by atoms with Gasteiger partial charge in [0, 0.05) is 21.8 Å². The molecule has 10 rings (SSSR count). The van der Waals surface area contributed by atoms with Crippen molar-refractivity contribution in [3.8, 4) is 27.9 Å². The van der Waals surface area contributed by atoms with Crippen molar-refractivity contribution in [2.75, 3.05) is 0 Å². The zero-order valence-electron chi connectivity index (χ0n) is 24.3. The van der Waals surface area contributed by atoms with Crippen LogP contribution in [0, 0.1) is 0 Å². The average molecular weight is 594 g/mol. The summed E-state index contributed by atoms with van der Waals surface area (Å²) in [7, 11) is 0. The van der Waals surface area contributed by atoms with E-state index >= 15 is 0 Å². The molecule has 6 aromatic carbocycles. The van der Waals surface area contributed by atoms with Crippen LogP contribution in [0.15, 0.2) is 154 Å². The van der Waals surface area contributed by atoms with E-state index in [1.165, 1.54) is 4.52 Å². The molecule has 10 aromatic rings. The van der Waals surface area contributed by atoms with E-state index in [0.29, 0.717) is 33.0 Å². The number of para-hydroxylation sites is 2. The molecule has 0 aliphatic rings. The van der Waals surface area contributed by atoms with Crippen LogP contribution in [0.5, 0.6) is 0 Å². The van der Waals surface area contributed by atoms with Gasteiger partial charge in [0.2, 0.25) is 5.71 Å². The molecule has 4 heterocycles. The van der Waals surface area contributed by atoms with Crippen molar-refractivity contribution in [3.63, 3.8) is 0 Å². The SMILES string of the molecule is O=c1c2c(-c3cccc4c3c3ccccc3n4-c3cccc(-c4ccccc4)c3)cccc2n2c3oc4ccccc4c3c(=O)n12. The number of rotatable bonds is 3. The molecule has 0 amide bonds. The summed E-state index contributed by atoms with van der Waals surface area (Å²) >= 11 is 0. The molecule has 0 radical (unpaired) electrons. The maximum Gasteiger partial charge on any atom is 0.286 e. The summed E-state index contributed by atoms with van der Waals surface area (Å²) < 4.78 is 11.3. The molecule has 4 aromatic heterocycles. The molecule has 6 nitrogen and oxygen atoms in total. The van der Waals surface area contributed by atoms with Gasteiger partial charge in [-0.25, -0.2) is 4.52 Å². The fraction of sp³-hybridized carbons (Fsp3) is 0. The Labute approximate surface area is 260 Å². The van der Waals surface area contributed by atoms with E-state index in [1.807, 2.05) is 60.7 Å². The second-order valence-corrected chi connectivity index (χ2v) is 11.7. The largest absolute Gasteiger partial charge is 0.437 e. The van der Waals surface area contributed by atoms with Gasteiger partial charge >= 0.3 is 0 Å². The van der Waals surface area contributed by atoms with Crippen molar-refractivity contribution in [2.45, 2.75) is 0 Å². The summed E-state index contributed by atoms with van der Waals surface area (Å²) in [5, 5.41) is 3.73. The van der Waals surface area contributed by atoms with Crippen LogP contribution in [-0.2, 0) is 0 Å². The minimum absolute atomic E-state index is 0.359. The van der Waals surface area contributed by atoms with Gasteiger partial charge in [-0.05, 0) is 58.7 Å². The van der Waals surface area contributed by atoms with Gasteiger partial charge in [0.25, 0.3) is 11.1 Å². The number of hydrogen-bond donors (Lipinski definition) is 0. The standard InChI is InChI=1S/C40H23N3O3/c44-38-36-28(18-10-21-33(36)42-40-37(39(45)43(38)42)30-16-5-7-22-34(30)46-40)27-17-9-20-32-35(27)29-15-4-6-19-31(29)41(32)26-14-8-13-25(23-26)24-11-2-1-3-12-24/h1-23H. The molecule has 46 heavy (non-hydrogen) atoms. The number of fused-ring (bicyclic) bond motifs is 10. The first-order valence-electron chi connectivity index (χ1n) is 15.2. The molecule has 216 valence electrons. The number of furan rings is 1. The molecule has 0 saturated heterocycles. The van der Waals surface area contributed by atoms with Crippen LogP contribution in [0.1, 0.15) is 0 Å². The Morgan fingerprint density at radius 3 is 1.93 bits per heavy atom. The number of benzene rings is 6. The van der Waals surface area contributed by atoms with Gasteiger partial charge in [0.15, 0.2) is 0 Å². The normalized spacial score (nSPS) is 12.1. The predicted octanol–water partition coefficient (Wildman–Crippen LogP) is 8.68. The van der Waals surface area contributed by atoms with Gasteiger partial charge < -0.3 is 8.98 Å². The van der Waals surface area contributed by atoms with Gasteiger partial charge in [-0.15, -0.1) is 0 Å². The Morgan fingerprint density at radius 2 is 1.09 bits per heavy atom. The molecule has 0 atom stereocenters. The lowest BCUT2D eigenvalue weighted by atomic mass is 9.97. The maximum atomic E-state index is 14.2. The minimum atomic E-state index is -0.375. The molecular formula is C40H23N3O3. The van der Waals surface area contributed by atoms with E-state index in [1.54, 1.807) is 4.52 Å². The van der Waals surface area contributed by atoms with Crippen LogP contribution in [0.4, 0.5) is 0 Å². The molecule has 0 bridgehead atoms. The highest BCUT2D eigenvalue weighted by molar-refractivity contribution is 6.18. The lowest BCUT2D eigenvalue weighted by molar-refractivity contribution is 0.631. The Bertz CT molecular complexity index is 2960. The zero-order chi connectivity index (χ0) is 30.5. The molecule has 6 heteroatoms. The first-order valence-corrected chi connectivity index (χ1v) is 15.2. The topological polar surface area (TPSA) is 61.0 Å². The van der Waals surface area contributed by atoms with E-state index in [2.05, 4.69) is 83.4 Å². The van der Waals surface area contributed by atoms with Gasteiger partial charge in [-0.2, -0.15) is 4.52 Å². The Kier molecular flexibility index (Phi) is 4.92. The Hall–Kier alpha value is -6.40. The minimum Gasteiger partial charge on any atom is -0.437 e. The van der Waals surface area contributed by atoms with E-state index in [4.69, 9.17) is 4.42 Å². The highest BCUT2D eigenvalue weighted by atomic mass is 16.3. The zero-order valence-corrected chi connectivity index (χ0v) is 24.3. The Balaban J connectivity index is 1.28. The highest BCUT2D eigenvalue weighted by Crippen LogP contribution is 2.41. The lowest BCUT2D eigenvalue weighted by Crippen LogP contribution is -2.21. The predicted molar refractivity (Wildman–Crippen MR) is 185 cm³/mol. The van der Waals surface area contributed by atoms with Crippen LogP contribution in [0.3, 0.4) is 0 Å². The molecule has 0 aliphatic carbocycles. The van der Waals surface area contributed by atoms with Crippen molar-refractivity contribution >= 4 is 54.8 Å². The fourth-order valence-corrected chi connectivity index (χ4v) is 7.32. The molecule has 0 N–H and O–H groups in total. The average Bonchev–Trinajstić information content (AvgIpc) is 3.82. The number of hydrogen-bond acceptors (Lipinski definition) is 3. The molecule has 0 saturated carbocycles. The summed E-state index contributed by atoms with van der Waals surface area (Å²) in [6, 6.07) is 46.8. The summed E-state index contributed by atoms with van der Waals surface area (Å²) in [4.78, 5) is 28.0. The Morgan fingerprint density at radius 1 is 0.457 bits per heavy atom. The molecule has 0 unspecified atom stereocenters. The quantitative estimate of drug-likeness (QED) is 0.206. The van der Waals surface area contributed by atoms with E-state index in [9.17, 15) is 9.59 Å². The van der Waals surface area contributed by atoms with Crippen molar-refractivity contribution in [1.29, 1.82) is 0 Å². The molecule has 0 fully saturated rings. The molecule has 0 aliphatic heterocycles. The monoisotopic (exact) mass is 593 g/mol. The van der Waals surface area contributed by atoms with Gasteiger partial charge in [0.05, 0.1) is 21.9 Å². The van der Waals surface area contributed by atoms with Crippen molar-refractivity contribution in [2.24, 2.45) is 0 Å². The first kappa shape index (κ1) is 25.0. The second-order valence-electron chi connectivity index (χ2n) is 11.7. The summed E-state index contributed by atoms with van der Waals surface area (Å²) in [6.45, 7) is 0. The highest BCUT2D eigenvalue weighted by Gasteiger charge is 2.25. The number of nitrogens with zero attached hydrogens (tertiary/aromatic N) is 3. The van der Waals surface area contributed by atoms with E-state index in [0.717, 1.165) is 49.7 Å². The van der Waals surface area contributed by atoms with Crippen LogP contribution in [0.25, 0.3) is 82.7 Å². The van der Waals surface area contributed by atoms with Gasteiger partial charge in [0.1, 0.15) is 11.0 Å². The smallest absolute Gasteiger partial charge is 0.286 e. The van der Waals surface area contributed by atoms with Crippen molar-refractivity contribution in [1.82, 2.24) is 13.6 Å². The van der Waals surface area contributed by atoms with Crippen molar-refractivity contribution in [3.05, 3.63) is 160 Å². The maximum absolute atomic E-state index is 14.2. The van der Waals surface area contributed by atoms with Crippen molar-refractivity contribution < 1.29 is 4.42 Å². The van der Waals surface area contributed by atoms with Crippen LogP contribution < -0.4 is 11.1 Å². The van der Waals surface area contributed by atoms with Gasteiger partial charge in [-0.3, -0.25) is 9.59 Å². The van der Waals surface area contributed by atoms with Crippen LogP contribution >= 0.6 is 0 Å². The third-order valence-corrected chi connectivity index (χ3v) is 9.25. The summed E-state index contributed by atoms with van der Waals surface area (Å²) in [6.07, 6.45) is 0. The lowest BCUT2D eigenvalue weighted by Gasteiger charge is -2.11. The van der Waals surface area contributed by atoms with E-state index in [-0.39, 0.29) is 11.1 Å². The fourth-order valence-electron chi connectivity index (χ4n) is 7.32. The van der Waals surface area contributed by atoms with E-state index < -0.39 is 0 Å². The summed E-state index contributed by atoms with van der Waals surface area (Å²) in [5.41, 5.74) is 8.03. The third-order valence-electron chi connectivity index (χ3n) is 9.25. The number of aromatic nitrogens is 3. The third kappa shape index (κ3) is 3.19. The van der Waals surface area contributed by atoms with Crippen LogP contribution in [-0.4, -0.2) is 13.6 Å². The molecule has 0 spiro atoms. The van der Waals surface area contributed by atoms with Crippen LogP contribution in [0.2, 0.25) is 0 Å². The molecular weight excluding hydrogens is 570 g/mol. The first-order chi connectivity index (χ1) is 22.7. The van der Waals surface area contributed by atoms with Gasteiger partial charge in [-0.1, -0.05) is 103 Å². The second kappa shape index (κ2) is 9.06.